The zero-order chi connectivity index (χ0) is 11.7. The molecule has 16 heavy (non-hydrogen) atoms. The Balaban J connectivity index is 2.54. The van der Waals surface area contributed by atoms with Gasteiger partial charge in [-0.2, -0.15) is 0 Å². The normalized spacial score (nSPS) is 20.1. The van der Waals surface area contributed by atoms with Crippen LogP contribution in [0.5, 0.6) is 5.75 Å². The lowest BCUT2D eigenvalue weighted by Gasteiger charge is -2.19. The van der Waals surface area contributed by atoms with Crippen LogP contribution in [0.15, 0.2) is 6.07 Å². The van der Waals surface area contributed by atoms with Gasteiger partial charge in [0, 0.05) is 16.6 Å². The number of rotatable bonds is 2. The van der Waals surface area contributed by atoms with Crippen molar-refractivity contribution in [3.05, 3.63) is 28.0 Å². The summed E-state index contributed by atoms with van der Waals surface area (Å²) in [5.74, 6) is -0.0666. The minimum Gasteiger partial charge on any atom is -0.493 e. The first-order chi connectivity index (χ1) is 7.65. The molecular formula is C12H15ClFNO. The molecule has 1 heterocycles. The quantitative estimate of drug-likeness (QED) is 0.861. The molecule has 1 saturated heterocycles. The molecule has 4 heteroatoms. The van der Waals surface area contributed by atoms with Crippen molar-refractivity contribution in [2.75, 3.05) is 13.7 Å². The van der Waals surface area contributed by atoms with Crippen molar-refractivity contribution in [3.63, 3.8) is 0 Å². The van der Waals surface area contributed by atoms with Gasteiger partial charge in [0.05, 0.1) is 7.11 Å². The van der Waals surface area contributed by atoms with E-state index in [9.17, 15) is 4.39 Å². The molecule has 1 fully saturated rings. The summed E-state index contributed by atoms with van der Waals surface area (Å²) < 4.78 is 18.9. The van der Waals surface area contributed by atoms with Gasteiger partial charge < -0.3 is 10.1 Å². The number of nitrogens with one attached hydrogen (secondary N) is 1. The molecule has 1 aliphatic rings. The SMILES string of the molecule is COc1c(F)cc(Cl)c(C)c1C1CCCN1. The molecular weight excluding hydrogens is 229 g/mol. The van der Waals surface area contributed by atoms with Crippen LogP contribution in [0.3, 0.4) is 0 Å². The van der Waals surface area contributed by atoms with Crippen LogP contribution in [0.25, 0.3) is 0 Å². The topological polar surface area (TPSA) is 21.3 Å². The van der Waals surface area contributed by atoms with E-state index < -0.39 is 0 Å². The Hall–Kier alpha value is -0.800. The van der Waals surface area contributed by atoms with Crippen LogP contribution >= 0.6 is 11.6 Å². The molecule has 1 aromatic carbocycles. The summed E-state index contributed by atoms with van der Waals surface area (Å²) in [4.78, 5) is 0. The van der Waals surface area contributed by atoms with Crippen molar-refractivity contribution in [3.8, 4) is 5.75 Å². The Morgan fingerprint density at radius 3 is 2.88 bits per heavy atom. The molecule has 2 nitrogen and oxygen atoms in total. The Kier molecular flexibility index (Phi) is 3.36. The molecule has 1 atom stereocenters. The van der Waals surface area contributed by atoms with Gasteiger partial charge in [0.2, 0.25) is 0 Å². The first-order valence-corrected chi connectivity index (χ1v) is 5.78. The molecule has 0 saturated carbocycles. The molecule has 0 bridgehead atoms. The Morgan fingerprint density at radius 2 is 2.31 bits per heavy atom. The van der Waals surface area contributed by atoms with E-state index in [1.165, 1.54) is 13.2 Å². The molecule has 88 valence electrons. The summed E-state index contributed by atoms with van der Waals surface area (Å²) in [6.07, 6.45) is 2.10. The fourth-order valence-corrected chi connectivity index (χ4v) is 2.47. The number of halogens is 2. The summed E-state index contributed by atoms with van der Waals surface area (Å²) in [5.41, 5.74) is 1.77. The van der Waals surface area contributed by atoms with E-state index in [2.05, 4.69) is 5.32 Å². The minimum absolute atomic E-state index is 0.156. The van der Waals surface area contributed by atoms with Crippen molar-refractivity contribution < 1.29 is 9.13 Å². The Morgan fingerprint density at radius 1 is 1.56 bits per heavy atom. The van der Waals surface area contributed by atoms with Crippen molar-refractivity contribution in [2.45, 2.75) is 25.8 Å². The number of hydrogen-bond donors (Lipinski definition) is 1. The predicted octanol–water partition coefficient (Wildman–Crippen LogP) is 3.22. The smallest absolute Gasteiger partial charge is 0.166 e. The molecule has 0 spiro atoms. The second-order valence-corrected chi connectivity index (χ2v) is 4.47. The lowest BCUT2D eigenvalue weighted by molar-refractivity contribution is 0.375. The third-order valence-electron chi connectivity index (χ3n) is 3.09. The summed E-state index contributed by atoms with van der Waals surface area (Å²) in [5, 5.41) is 3.80. The highest BCUT2D eigenvalue weighted by Crippen LogP contribution is 2.38. The van der Waals surface area contributed by atoms with Gasteiger partial charge in [-0.05, 0) is 37.9 Å². The number of methoxy groups -OCH3 is 1. The predicted molar refractivity (Wildman–Crippen MR) is 62.7 cm³/mol. The molecule has 1 N–H and O–H groups in total. The fraction of sp³-hybridized carbons (Fsp3) is 0.500. The van der Waals surface area contributed by atoms with Crippen LogP contribution in [0.4, 0.5) is 4.39 Å². The second kappa shape index (κ2) is 4.60. The Labute approximate surface area is 99.7 Å². The zero-order valence-electron chi connectivity index (χ0n) is 9.44. The van der Waals surface area contributed by atoms with Crippen LogP contribution in [0.1, 0.15) is 30.0 Å². The van der Waals surface area contributed by atoms with Gasteiger partial charge in [-0.3, -0.25) is 0 Å². The third kappa shape index (κ3) is 1.89. The molecule has 0 aromatic heterocycles. The molecule has 0 radical (unpaired) electrons. The third-order valence-corrected chi connectivity index (χ3v) is 3.48. The van der Waals surface area contributed by atoms with Crippen molar-refractivity contribution >= 4 is 11.6 Å². The van der Waals surface area contributed by atoms with Crippen LogP contribution in [0, 0.1) is 12.7 Å². The number of benzene rings is 1. The summed E-state index contributed by atoms with van der Waals surface area (Å²) in [6.45, 7) is 2.86. The summed E-state index contributed by atoms with van der Waals surface area (Å²) in [7, 11) is 1.49. The maximum Gasteiger partial charge on any atom is 0.166 e. The highest BCUT2D eigenvalue weighted by molar-refractivity contribution is 6.31. The summed E-state index contributed by atoms with van der Waals surface area (Å²) in [6, 6.07) is 1.47. The van der Waals surface area contributed by atoms with Crippen molar-refractivity contribution in [2.24, 2.45) is 0 Å². The second-order valence-electron chi connectivity index (χ2n) is 4.06. The van der Waals surface area contributed by atoms with Gasteiger partial charge in [-0.15, -0.1) is 0 Å². The lowest BCUT2D eigenvalue weighted by Crippen LogP contribution is -2.16. The van der Waals surface area contributed by atoms with E-state index in [0.29, 0.717) is 10.8 Å². The summed E-state index contributed by atoms with van der Waals surface area (Å²) >= 11 is 6.00. The van der Waals surface area contributed by atoms with E-state index in [-0.39, 0.29) is 11.9 Å². The van der Waals surface area contributed by atoms with Gasteiger partial charge in [0.25, 0.3) is 0 Å². The monoisotopic (exact) mass is 243 g/mol. The number of ether oxygens (including phenoxy) is 1. The fourth-order valence-electron chi connectivity index (χ4n) is 2.27. The van der Waals surface area contributed by atoms with Gasteiger partial charge in [-0.1, -0.05) is 11.6 Å². The van der Waals surface area contributed by atoms with E-state index in [1.807, 2.05) is 6.92 Å². The number of hydrogen-bond acceptors (Lipinski definition) is 2. The van der Waals surface area contributed by atoms with Gasteiger partial charge >= 0.3 is 0 Å². The molecule has 1 aromatic rings. The first-order valence-electron chi connectivity index (χ1n) is 5.41. The zero-order valence-corrected chi connectivity index (χ0v) is 10.2. The lowest BCUT2D eigenvalue weighted by atomic mass is 9.98. The van der Waals surface area contributed by atoms with Crippen molar-refractivity contribution in [1.82, 2.24) is 5.32 Å². The molecule has 0 aliphatic carbocycles. The van der Waals surface area contributed by atoms with Gasteiger partial charge in [0.15, 0.2) is 11.6 Å². The molecule has 1 aliphatic heterocycles. The molecule has 2 rings (SSSR count). The van der Waals surface area contributed by atoms with Crippen LogP contribution in [0.2, 0.25) is 5.02 Å². The van der Waals surface area contributed by atoms with E-state index in [4.69, 9.17) is 16.3 Å². The van der Waals surface area contributed by atoms with Crippen LogP contribution in [-0.4, -0.2) is 13.7 Å². The Bertz CT molecular complexity index is 402. The van der Waals surface area contributed by atoms with Gasteiger partial charge in [-0.25, -0.2) is 4.39 Å². The maximum absolute atomic E-state index is 13.7. The first kappa shape index (κ1) is 11.7. The minimum atomic E-state index is -0.387. The average Bonchev–Trinajstić information content (AvgIpc) is 2.76. The van der Waals surface area contributed by atoms with Crippen LogP contribution < -0.4 is 10.1 Å². The molecule has 0 amide bonds. The standard InChI is InChI=1S/C12H15ClFNO/c1-7-8(13)6-9(14)12(16-2)11(7)10-4-3-5-15-10/h6,10,15H,3-5H2,1-2H3. The van der Waals surface area contributed by atoms with E-state index in [0.717, 1.165) is 30.5 Å². The highest BCUT2D eigenvalue weighted by atomic mass is 35.5. The maximum atomic E-state index is 13.7. The van der Waals surface area contributed by atoms with Gasteiger partial charge in [0.1, 0.15) is 0 Å². The van der Waals surface area contributed by atoms with Crippen LogP contribution in [-0.2, 0) is 0 Å². The van der Waals surface area contributed by atoms with Crippen molar-refractivity contribution in [1.29, 1.82) is 0 Å². The molecule has 1 unspecified atom stereocenters. The van der Waals surface area contributed by atoms with E-state index in [1.54, 1.807) is 0 Å². The largest absolute Gasteiger partial charge is 0.493 e. The average molecular weight is 244 g/mol. The highest BCUT2D eigenvalue weighted by Gasteiger charge is 2.25. The van der Waals surface area contributed by atoms with E-state index >= 15 is 0 Å².